The standard InChI is InChI=1S/C9H20ClNO/c1-3-9(8-10)11-6-5-7-12-4-2/h9,11H,3-8H2,1-2H3. The van der Waals surface area contributed by atoms with Gasteiger partial charge >= 0.3 is 0 Å². The predicted octanol–water partition coefficient (Wildman–Crippen LogP) is 2.02. The Morgan fingerprint density at radius 2 is 2.17 bits per heavy atom. The quantitative estimate of drug-likeness (QED) is 0.471. The summed E-state index contributed by atoms with van der Waals surface area (Å²) < 4.78 is 5.21. The first-order chi connectivity index (χ1) is 5.85. The van der Waals surface area contributed by atoms with Crippen molar-refractivity contribution >= 4 is 11.6 Å². The summed E-state index contributed by atoms with van der Waals surface area (Å²) in [5.41, 5.74) is 0. The molecule has 3 heteroatoms. The van der Waals surface area contributed by atoms with Crippen molar-refractivity contribution in [2.45, 2.75) is 32.7 Å². The summed E-state index contributed by atoms with van der Waals surface area (Å²) in [6.45, 7) is 6.82. The van der Waals surface area contributed by atoms with E-state index in [2.05, 4.69) is 12.2 Å². The van der Waals surface area contributed by atoms with E-state index >= 15 is 0 Å². The molecule has 0 bridgehead atoms. The molecule has 12 heavy (non-hydrogen) atoms. The third kappa shape index (κ3) is 6.89. The highest BCUT2D eigenvalue weighted by atomic mass is 35.5. The van der Waals surface area contributed by atoms with Gasteiger partial charge in [-0.15, -0.1) is 11.6 Å². The van der Waals surface area contributed by atoms with Crippen molar-refractivity contribution in [3.63, 3.8) is 0 Å². The number of nitrogens with one attached hydrogen (secondary N) is 1. The van der Waals surface area contributed by atoms with Gasteiger partial charge in [0, 0.05) is 25.1 Å². The van der Waals surface area contributed by atoms with Gasteiger partial charge in [-0.2, -0.15) is 0 Å². The molecule has 1 N–H and O–H groups in total. The molecular formula is C9H20ClNO. The second-order valence-corrected chi connectivity index (χ2v) is 3.07. The SMILES string of the molecule is CCOCCCNC(CC)CCl. The van der Waals surface area contributed by atoms with Crippen molar-refractivity contribution in [3.8, 4) is 0 Å². The molecule has 1 unspecified atom stereocenters. The Bertz CT molecular complexity index is 86.6. The molecule has 0 aromatic carbocycles. The van der Waals surface area contributed by atoms with E-state index < -0.39 is 0 Å². The van der Waals surface area contributed by atoms with E-state index in [0.29, 0.717) is 11.9 Å². The number of alkyl halides is 1. The predicted molar refractivity (Wildman–Crippen MR) is 53.9 cm³/mol. The van der Waals surface area contributed by atoms with Crippen molar-refractivity contribution in [3.05, 3.63) is 0 Å². The molecule has 0 radical (unpaired) electrons. The maximum absolute atomic E-state index is 5.71. The second-order valence-electron chi connectivity index (χ2n) is 2.76. The highest BCUT2D eigenvalue weighted by Crippen LogP contribution is 1.93. The van der Waals surface area contributed by atoms with Crippen LogP contribution in [0.25, 0.3) is 0 Å². The maximum atomic E-state index is 5.71. The zero-order valence-electron chi connectivity index (χ0n) is 8.11. The van der Waals surface area contributed by atoms with Crippen LogP contribution in [0.4, 0.5) is 0 Å². The van der Waals surface area contributed by atoms with E-state index in [4.69, 9.17) is 16.3 Å². The summed E-state index contributed by atoms with van der Waals surface area (Å²) in [4.78, 5) is 0. The van der Waals surface area contributed by atoms with E-state index in [1.807, 2.05) is 6.92 Å². The average molecular weight is 194 g/mol. The highest BCUT2D eigenvalue weighted by Gasteiger charge is 2.01. The van der Waals surface area contributed by atoms with Crippen LogP contribution >= 0.6 is 11.6 Å². The molecule has 0 aliphatic carbocycles. The van der Waals surface area contributed by atoms with Crippen LogP contribution in [0.5, 0.6) is 0 Å². The van der Waals surface area contributed by atoms with Crippen LogP contribution in [0.1, 0.15) is 26.7 Å². The molecule has 0 heterocycles. The van der Waals surface area contributed by atoms with Crippen LogP contribution in [0.15, 0.2) is 0 Å². The van der Waals surface area contributed by atoms with Crippen molar-refractivity contribution in [2.24, 2.45) is 0 Å². The number of hydrogen-bond acceptors (Lipinski definition) is 2. The maximum Gasteiger partial charge on any atom is 0.0477 e. The second kappa shape index (κ2) is 9.30. The van der Waals surface area contributed by atoms with Crippen LogP contribution in [0, 0.1) is 0 Å². The van der Waals surface area contributed by atoms with E-state index in [0.717, 1.165) is 32.6 Å². The fourth-order valence-electron chi connectivity index (χ4n) is 0.933. The van der Waals surface area contributed by atoms with Crippen molar-refractivity contribution in [1.29, 1.82) is 0 Å². The molecule has 1 atom stereocenters. The van der Waals surface area contributed by atoms with Gasteiger partial charge in [0.1, 0.15) is 0 Å². The van der Waals surface area contributed by atoms with Crippen molar-refractivity contribution in [2.75, 3.05) is 25.6 Å². The van der Waals surface area contributed by atoms with Crippen molar-refractivity contribution < 1.29 is 4.74 Å². The van der Waals surface area contributed by atoms with E-state index in [9.17, 15) is 0 Å². The van der Waals surface area contributed by atoms with Gasteiger partial charge in [0.2, 0.25) is 0 Å². The monoisotopic (exact) mass is 193 g/mol. The van der Waals surface area contributed by atoms with Gasteiger partial charge in [-0.1, -0.05) is 6.92 Å². The minimum absolute atomic E-state index is 0.466. The van der Waals surface area contributed by atoms with E-state index in [1.54, 1.807) is 0 Å². The largest absolute Gasteiger partial charge is 0.382 e. The van der Waals surface area contributed by atoms with Gasteiger partial charge < -0.3 is 10.1 Å². The molecule has 0 aromatic rings. The Hall–Kier alpha value is 0.210. The lowest BCUT2D eigenvalue weighted by Gasteiger charge is -2.12. The summed E-state index contributed by atoms with van der Waals surface area (Å²) in [7, 11) is 0. The molecule has 74 valence electrons. The summed E-state index contributed by atoms with van der Waals surface area (Å²) in [5, 5.41) is 3.37. The van der Waals surface area contributed by atoms with Gasteiger partial charge in [0.05, 0.1) is 0 Å². The Kier molecular flexibility index (Phi) is 9.46. The number of hydrogen-bond donors (Lipinski definition) is 1. The zero-order chi connectivity index (χ0) is 9.23. The topological polar surface area (TPSA) is 21.3 Å². The Labute approximate surface area is 80.6 Å². The first-order valence-corrected chi connectivity index (χ1v) is 5.25. The molecule has 0 aliphatic heterocycles. The smallest absolute Gasteiger partial charge is 0.0477 e. The van der Waals surface area contributed by atoms with Crippen LogP contribution < -0.4 is 5.32 Å². The van der Waals surface area contributed by atoms with E-state index in [-0.39, 0.29) is 0 Å². The minimum Gasteiger partial charge on any atom is -0.382 e. The zero-order valence-corrected chi connectivity index (χ0v) is 8.86. The number of halogens is 1. The fraction of sp³-hybridized carbons (Fsp3) is 1.00. The van der Waals surface area contributed by atoms with E-state index in [1.165, 1.54) is 0 Å². The molecule has 0 saturated heterocycles. The Morgan fingerprint density at radius 3 is 2.67 bits per heavy atom. The van der Waals surface area contributed by atoms with Gasteiger partial charge in [-0.3, -0.25) is 0 Å². The summed E-state index contributed by atoms with van der Waals surface area (Å²) >= 11 is 5.71. The molecule has 0 saturated carbocycles. The van der Waals surface area contributed by atoms with Crippen molar-refractivity contribution in [1.82, 2.24) is 5.32 Å². The molecule has 0 aromatic heterocycles. The molecule has 2 nitrogen and oxygen atoms in total. The number of ether oxygens (including phenoxy) is 1. The lowest BCUT2D eigenvalue weighted by atomic mass is 10.2. The summed E-state index contributed by atoms with van der Waals surface area (Å²) in [6, 6.07) is 0.466. The summed E-state index contributed by atoms with van der Waals surface area (Å²) in [6.07, 6.45) is 2.17. The molecule has 0 amide bonds. The molecule has 0 rings (SSSR count). The first-order valence-electron chi connectivity index (χ1n) is 4.72. The van der Waals surface area contributed by atoms with Crippen LogP contribution in [0.3, 0.4) is 0 Å². The lowest BCUT2D eigenvalue weighted by Crippen LogP contribution is -2.31. The van der Waals surface area contributed by atoms with Crippen LogP contribution in [-0.4, -0.2) is 31.7 Å². The van der Waals surface area contributed by atoms with Crippen LogP contribution in [0.2, 0.25) is 0 Å². The molecule has 0 aliphatic rings. The summed E-state index contributed by atoms with van der Waals surface area (Å²) in [5.74, 6) is 0.700. The number of rotatable bonds is 8. The van der Waals surface area contributed by atoms with Crippen LogP contribution in [-0.2, 0) is 4.74 Å². The fourth-order valence-corrected chi connectivity index (χ4v) is 1.26. The molecule has 0 fully saturated rings. The van der Waals surface area contributed by atoms with Gasteiger partial charge in [-0.25, -0.2) is 0 Å². The Morgan fingerprint density at radius 1 is 1.42 bits per heavy atom. The lowest BCUT2D eigenvalue weighted by molar-refractivity contribution is 0.144. The normalized spacial score (nSPS) is 13.2. The third-order valence-electron chi connectivity index (χ3n) is 1.78. The minimum atomic E-state index is 0.466. The molecular weight excluding hydrogens is 174 g/mol. The highest BCUT2D eigenvalue weighted by molar-refractivity contribution is 6.18. The van der Waals surface area contributed by atoms with Gasteiger partial charge in [-0.05, 0) is 26.3 Å². The van der Waals surface area contributed by atoms with Gasteiger partial charge in [0.25, 0.3) is 0 Å². The van der Waals surface area contributed by atoms with Gasteiger partial charge in [0.15, 0.2) is 0 Å². The molecule has 0 spiro atoms. The average Bonchev–Trinajstić information content (AvgIpc) is 2.11. The third-order valence-corrected chi connectivity index (χ3v) is 2.15. The Balaban J connectivity index is 3.06. The first kappa shape index (κ1) is 12.2.